The highest BCUT2D eigenvalue weighted by molar-refractivity contribution is 7.79. The van der Waals surface area contributed by atoms with Crippen LogP contribution in [0.4, 0.5) is 0 Å². The molecule has 1 aromatic carbocycles. The zero-order chi connectivity index (χ0) is 12.1. The lowest BCUT2D eigenvalue weighted by atomic mass is 10.2. The van der Waals surface area contributed by atoms with Crippen molar-refractivity contribution in [1.29, 1.82) is 0 Å². The summed E-state index contributed by atoms with van der Waals surface area (Å²) >= 11 is 0. The van der Waals surface area contributed by atoms with E-state index in [0.717, 1.165) is 0 Å². The number of hydrogen-bond acceptors (Lipinski definition) is 6. The van der Waals surface area contributed by atoms with Gasteiger partial charge in [0.05, 0.1) is 5.56 Å². The summed E-state index contributed by atoms with van der Waals surface area (Å²) in [7, 11) is -5.17. The predicted molar refractivity (Wildman–Crippen MR) is 43.3 cm³/mol. The van der Waals surface area contributed by atoms with Crippen molar-refractivity contribution in [2.45, 2.75) is 0 Å². The minimum Gasteiger partial charge on any atom is -0.872 e. The average Bonchev–Trinajstić information content (AvgIpc) is 2.01. The summed E-state index contributed by atoms with van der Waals surface area (Å²) in [6.07, 6.45) is 0. The van der Waals surface area contributed by atoms with Crippen LogP contribution < -0.4 is 5.11 Å². The summed E-state index contributed by atoms with van der Waals surface area (Å²) < 4.78 is 34.1. The van der Waals surface area contributed by atoms with Crippen LogP contribution in [-0.2, 0) is 10.4 Å². The second kappa shape index (κ2) is 5.29. The zero-order valence-electron chi connectivity index (χ0n) is 7.11. The van der Waals surface area contributed by atoms with Gasteiger partial charge in [0.1, 0.15) is 0 Å². The molecule has 1 rings (SSSR count). The molecule has 0 aliphatic rings. The molecule has 1 N–H and O–H groups in total. The Morgan fingerprint density at radius 2 is 1.60 bits per heavy atom. The van der Waals surface area contributed by atoms with E-state index in [9.17, 15) is 9.90 Å². The fourth-order valence-electron chi connectivity index (χ4n) is 0.643. The Bertz CT molecular complexity index is 428. The molecule has 7 nitrogen and oxygen atoms in total. The Morgan fingerprint density at radius 1 is 1.20 bits per heavy atom. The maximum absolute atomic E-state index is 10.7. The maximum Gasteiger partial charge on any atom is 0.335 e. The predicted octanol–water partition coefficient (Wildman–Crippen LogP) is -0.880. The Balaban J connectivity index is 0.000000336. The van der Waals surface area contributed by atoms with Gasteiger partial charge in [-0.25, -0.2) is 4.79 Å². The monoisotopic (exact) mass is 233 g/mol. The van der Waals surface area contributed by atoms with Gasteiger partial charge in [-0.3, -0.25) is 8.42 Å². The number of hydrogen-bond donors (Lipinski definition) is 1. The van der Waals surface area contributed by atoms with E-state index >= 15 is 0 Å². The van der Waals surface area contributed by atoms with E-state index in [4.69, 9.17) is 22.6 Å². The number of carbonyl (C=O) groups is 1. The van der Waals surface area contributed by atoms with Gasteiger partial charge in [0.15, 0.2) is 0 Å². The summed E-state index contributed by atoms with van der Waals surface area (Å²) in [6, 6.07) is 5.54. The number of carboxylic acid groups (broad SMARTS) is 1. The van der Waals surface area contributed by atoms with Gasteiger partial charge in [-0.1, -0.05) is 23.9 Å². The molecule has 0 atom stereocenters. The van der Waals surface area contributed by atoms with Gasteiger partial charge >= 0.3 is 5.97 Å². The fourth-order valence-corrected chi connectivity index (χ4v) is 0.643. The average molecular weight is 233 g/mol. The first-order valence-electron chi connectivity index (χ1n) is 3.38. The van der Waals surface area contributed by atoms with Crippen molar-refractivity contribution in [2.24, 2.45) is 0 Å². The van der Waals surface area contributed by atoms with Crippen LogP contribution in [0.2, 0.25) is 0 Å². The zero-order valence-corrected chi connectivity index (χ0v) is 7.93. The topological polar surface area (TPSA) is 141 Å². The fraction of sp³-hybridized carbons (Fsp3) is 0. The third kappa shape index (κ3) is 7.43. The molecular weight excluding hydrogens is 228 g/mol. The number of carboxylic acids is 1. The molecule has 0 amide bonds. The molecule has 15 heavy (non-hydrogen) atoms. The number of aromatic carboxylic acids is 1. The van der Waals surface area contributed by atoms with E-state index in [1.807, 2.05) is 0 Å². The molecular formula is C7H5O7S-3. The molecule has 0 aromatic heterocycles. The first-order chi connectivity index (χ1) is 6.72. The van der Waals surface area contributed by atoms with E-state index in [2.05, 4.69) is 0 Å². The molecule has 0 radical (unpaired) electrons. The second-order valence-corrected chi connectivity index (χ2v) is 3.03. The standard InChI is InChI=1S/C7H6O3.H2O4S/c8-6-4-2-1-3-5(6)7(9)10;1-5(2,3)4/h1-4,8H,(H,9,10);(H2,1,2,3,4)/p-3. The van der Waals surface area contributed by atoms with Crippen molar-refractivity contribution in [2.75, 3.05) is 0 Å². The number of benzene rings is 1. The van der Waals surface area contributed by atoms with Crippen LogP contribution in [0, 0.1) is 0 Å². The van der Waals surface area contributed by atoms with Gasteiger partial charge in [-0.05, 0) is 6.07 Å². The van der Waals surface area contributed by atoms with Crippen LogP contribution in [0.15, 0.2) is 24.3 Å². The molecule has 0 fully saturated rings. The molecule has 0 heterocycles. The first-order valence-corrected chi connectivity index (χ1v) is 4.71. The minimum atomic E-state index is -5.17. The van der Waals surface area contributed by atoms with Gasteiger partial charge in [0, 0.05) is 10.4 Å². The van der Waals surface area contributed by atoms with Crippen LogP contribution in [0.25, 0.3) is 0 Å². The lowest BCUT2D eigenvalue weighted by Gasteiger charge is -2.07. The van der Waals surface area contributed by atoms with E-state index in [-0.39, 0.29) is 5.56 Å². The van der Waals surface area contributed by atoms with Crippen LogP contribution in [0.1, 0.15) is 10.4 Å². The van der Waals surface area contributed by atoms with Gasteiger partial charge in [0.25, 0.3) is 0 Å². The Labute approximate surface area is 85.2 Å². The third-order valence-electron chi connectivity index (χ3n) is 1.12. The SMILES string of the molecule is O=C(O)c1ccccc1[O-].O=S(=O)([O-])[O-]. The normalized spacial score (nSPS) is 10.0. The third-order valence-corrected chi connectivity index (χ3v) is 1.12. The Hall–Kier alpha value is -1.64. The van der Waals surface area contributed by atoms with Crippen LogP contribution in [-0.4, -0.2) is 28.6 Å². The van der Waals surface area contributed by atoms with Gasteiger partial charge < -0.3 is 19.3 Å². The van der Waals surface area contributed by atoms with Gasteiger partial charge in [-0.2, -0.15) is 0 Å². The Kier molecular flexibility index (Phi) is 4.71. The van der Waals surface area contributed by atoms with Crippen molar-refractivity contribution in [3.05, 3.63) is 29.8 Å². The molecule has 0 spiro atoms. The maximum atomic E-state index is 10.7. The highest BCUT2D eigenvalue weighted by Gasteiger charge is 1.99. The molecule has 1 aromatic rings. The molecule has 0 saturated heterocycles. The van der Waals surface area contributed by atoms with Crippen molar-refractivity contribution < 1.29 is 32.5 Å². The molecule has 0 saturated carbocycles. The van der Waals surface area contributed by atoms with Crippen LogP contribution in [0.3, 0.4) is 0 Å². The van der Waals surface area contributed by atoms with Gasteiger partial charge in [0.2, 0.25) is 0 Å². The van der Waals surface area contributed by atoms with Crippen molar-refractivity contribution >= 4 is 16.4 Å². The molecule has 0 aliphatic carbocycles. The van der Waals surface area contributed by atoms with E-state index in [1.54, 1.807) is 0 Å². The van der Waals surface area contributed by atoms with Crippen LogP contribution in [0.5, 0.6) is 5.75 Å². The molecule has 0 bridgehead atoms. The second-order valence-electron chi connectivity index (χ2n) is 2.21. The van der Waals surface area contributed by atoms with E-state index < -0.39 is 22.1 Å². The highest BCUT2D eigenvalue weighted by Crippen LogP contribution is 2.10. The summed E-state index contributed by atoms with van der Waals surface area (Å²) in [4.78, 5) is 10.2. The van der Waals surface area contributed by atoms with Gasteiger partial charge in [-0.15, -0.1) is 0 Å². The minimum absolute atomic E-state index is 0.178. The summed E-state index contributed by atoms with van der Waals surface area (Å²) in [6.45, 7) is 0. The lowest BCUT2D eigenvalue weighted by Crippen LogP contribution is -2.02. The summed E-state index contributed by atoms with van der Waals surface area (Å²) in [5.41, 5.74) is -0.178. The molecule has 84 valence electrons. The van der Waals surface area contributed by atoms with Crippen molar-refractivity contribution in [3.63, 3.8) is 0 Å². The molecule has 8 heteroatoms. The van der Waals surface area contributed by atoms with E-state index in [0.29, 0.717) is 0 Å². The smallest absolute Gasteiger partial charge is 0.335 e. The molecule has 0 unspecified atom stereocenters. The van der Waals surface area contributed by atoms with Crippen molar-refractivity contribution in [3.8, 4) is 5.75 Å². The lowest BCUT2D eigenvalue weighted by molar-refractivity contribution is -0.268. The number of para-hydroxylation sites is 1. The molecule has 0 aliphatic heterocycles. The first kappa shape index (κ1) is 13.4. The summed E-state index contributed by atoms with van der Waals surface area (Å²) in [5, 5.41) is 19.0. The Morgan fingerprint density at radius 3 is 1.87 bits per heavy atom. The number of rotatable bonds is 1. The highest BCUT2D eigenvalue weighted by atomic mass is 32.3. The largest absolute Gasteiger partial charge is 0.872 e. The van der Waals surface area contributed by atoms with Crippen LogP contribution >= 0.6 is 0 Å². The summed E-state index contributed by atoms with van der Waals surface area (Å²) in [5.74, 6) is -1.62. The quantitative estimate of drug-likeness (QED) is 0.490. The van der Waals surface area contributed by atoms with Crippen molar-refractivity contribution in [1.82, 2.24) is 0 Å². The van der Waals surface area contributed by atoms with E-state index in [1.165, 1.54) is 24.3 Å².